The third-order valence-electron chi connectivity index (χ3n) is 5.52. The van der Waals surface area contributed by atoms with Crippen LogP contribution in [0.5, 0.6) is 5.75 Å². The Kier molecular flexibility index (Phi) is 5.51. The quantitative estimate of drug-likeness (QED) is 0.459. The van der Waals surface area contributed by atoms with Gasteiger partial charge in [-0.05, 0) is 54.4 Å². The summed E-state index contributed by atoms with van der Waals surface area (Å²) in [4.78, 5) is 12.6. The largest absolute Gasteiger partial charge is 0.489 e. The minimum Gasteiger partial charge on any atom is -0.489 e. The molecule has 0 aliphatic carbocycles. The molecule has 0 spiro atoms. The lowest BCUT2D eigenvalue weighted by Crippen LogP contribution is -2.25. The molecule has 7 nitrogen and oxygen atoms in total. The van der Waals surface area contributed by atoms with E-state index in [0.717, 1.165) is 22.4 Å². The maximum Gasteiger partial charge on any atom is 0.226 e. The number of anilines is 1. The van der Waals surface area contributed by atoms with Crippen LogP contribution in [-0.4, -0.2) is 25.9 Å². The average Bonchev–Trinajstić information content (AvgIpc) is 3.15. The van der Waals surface area contributed by atoms with E-state index in [1.807, 2.05) is 31.2 Å². The Morgan fingerprint density at radius 2 is 1.97 bits per heavy atom. The molecule has 1 aliphatic heterocycles. The van der Waals surface area contributed by atoms with Crippen LogP contribution in [0.1, 0.15) is 34.7 Å². The number of rotatable bonds is 5. The molecule has 1 atom stereocenters. The van der Waals surface area contributed by atoms with Gasteiger partial charge in [0.1, 0.15) is 24.0 Å². The summed E-state index contributed by atoms with van der Waals surface area (Å²) in [7, 11) is 0. The molecule has 9 heteroatoms. The molecule has 0 bridgehead atoms. The van der Waals surface area contributed by atoms with Crippen molar-refractivity contribution < 1.29 is 13.9 Å². The van der Waals surface area contributed by atoms with E-state index in [2.05, 4.69) is 20.6 Å². The Morgan fingerprint density at radius 3 is 2.73 bits per heavy atom. The fourth-order valence-electron chi connectivity index (χ4n) is 3.99. The zero-order valence-electron chi connectivity index (χ0n) is 17.6. The summed E-state index contributed by atoms with van der Waals surface area (Å²) in [6.45, 7) is 2.21. The first-order valence-corrected chi connectivity index (χ1v) is 10.7. The number of aromatic nitrogens is 4. The van der Waals surface area contributed by atoms with E-state index in [1.54, 1.807) is 28.9 Å². The van der Waals surface area contributed by atoms with E-state index in [1.165, 1.54) is 12.1 Å². The predicted octanol–water partition coefficient (Wildman–Crippen LogP) is 4.82. The van der Waals surface area contributed by atoms with E-state index < -0.39 is 0 Å². The van der Waals surface area contributed by atoms with Crippen LogP contribution in [0.2, 0.25) is 5.15 Å². The second kappa shape index (κ2) is 8.63. The summed E-state index contributed by atoms with van der Waals surface area (Å²) in [5, 5.41) is 15.8. The van der Waals surface area contributed by atoms with E-state index in [9.17, 15) is 9.18 Å². The highest BCUT2D eigenvalue weighted by atomic mass is 35.5. The van der Waals surface area contributed by atoms with Gasteiger partial charge in [-0.3, -0.25) is 4.79 Å². The smallest absolute Gasteiger partial charge is 0.226 e. The van der Waals surface area contributed by atoms with E-state index in [-0.39, 0.29) is 29.2 Å². The fourth-order valence-corrected chi connectivity index (χ4v) is 4.09. The van der Waals surface area contributed by atoms with E-state index in [0.29, 0.717) is 24.0 Å². The third-order valence-corrected chi connectivity index (χ3v) is 5.72. The van der Waals surface area contributed by atoms with Crippen molar-refractivity contribution >= 4 is 23.3 Å². The molecule has 0 radical (unpaired) electrons. The Hall–Kier alpha value is -3.78. The summed E-state index contributed by atoms with van der Waals surface area (Å²) < 4.78 is 20.6. The van der Waals surface area contributed by atoms with Crippen molar-refractivity contribution in [2.45, 2.75) is 25.9 Å². The van der Waals surface area contributed by atoms with Crippen molar-refractivity contribution in [3.8, 4) is 11.6 Å². The third kappa shape index (κ3) is 4.29. The van der Waals surface area contributed by atoms with Gasteiger partial charge in [0.05, 0.1) is 5.69 Å². The van der Waals surface area contributed by atoms with Crippen molar-refractivity contribution in [2.24, 2.45) is 0 Å². The molecule has 3 heterocycles. The Morgan fingerprint density at radius 1 is 1.15 bits per heavy atom. The van der Waals surface area contributed by atoms with Gasteiger partial charge in [0.25, 0.3) is 0 Å². The Labute approximate surface area is 194 Å². The van der Waals surface area contributed by atoms with Gasteiger partial charge in [0, 0.05) is 17.9 Å². The first-order valence-electron chi connectivity index (χ1n) is 10.3. The molecule has 1 amide bonds. The fraction of sp³-hybridized carbons (Fsp3) is 0.167. The molecule has 0 saturated heterocycles. The molecule has 2 aromatic carbocycles. The van der Waals surface area contributed by atoms with Crippen molar-refractivity contribution in [3.05, 3.63) is 94.0 Å². The predicted molar refractivity (Wildman–Crippen MR) is 121 cm³/mol. The molecular weight excluding hydrogens is 445 g/mol. The van der Waals surface area contributed by atoms with Gasteiger partial charge in [-0.2, -0.15) is 9.78 Å². The number of nitrogens with one attached hydrogen (secondary N) is 1. The van der Waals surface area contributed by atoms with Gasteiger partial charge in [-0.15, -0.1) is 10.2 Å². The summed E-state index contributed by atoms with van der Waals surface area (Å²) in [6, 6.07) is 17.2. The molecular formula is C24H19ClFN5O2. The summed E-state index contributed by atoms with van der Waals surface area (Å²) in [5.74, 6) is 1.10. The van der Waals surface area contributed by atoms with Gasteiger partial charge < -0.3 is 10.1 Å². The lowest BCUT2D eigenvalue weighted by atomic mass is 9.86. The van der Waals surface area contributed by atoms with Crippen LogP contribution in [-0.2, 0) is 11.4 Å². The summed E-state index contributed by atoms with van der Waals surface area (Å²) in [5.41, 5.74) is 3.50. The van der Waals surface area contributed by atoms with Gasteiger partial charge in [0.15, 0.2) is 11.0 Å². The molecule has 33 heavy (non-hydrogen) atoms. The number of fused-ring (bicyclic) bond motifs is 1. The number of nitrogens with zero attached hydrogens (tertiary/aromatic N) is 4. The summed E-state index contributed by atoms with van der Waals surface area (Å²) >= 11 is 5.86. The number of carbonyl (C=O) groups is 1. The molecule has 0 fully saturated rings. The Balaban J connectivity index is 1.46. The number of hydrogen-bond donors (Lipinski definition) is 1. The zero-order valence-corrected chi connectivity index (χ0v) is 18.4. The number of amides is 1. The molecule has 0 saturated carbocycles. The van der Waals surface area contributed by atoms with Gasteiger partial charge in [-0.1, -0.05) is 35.9 Å². The first kappa shape index (κ1) is 21.1. The second-order valence-electron chi connectivity index (χ2n) is 7.77. The zero-order chi connectivity index (χ0) is 22.9. The topological polar surface area (TPSA) is 81.9 Å². The van der Waals surface area contributed by atoms with Crippen molar-refractivity contribution in [2.75, 3.05) is 5.32 Å². The minimum absolute atomic E-state index is 0.117. The van der Waals surface area contributed by atoms with Crippen LogP contribution in [0.4, 0.5) is 10.2 Å². The maximum absolute atomic E-state index is 13.1. The van der Waals surface area contributed by atoms with Crippen LogP contribution in [0, 0.1) is 12.7 Å². The van der Waals surface area contributed by atoms with E-state index >= 15 is 0 Å². The van der Waals surface area contributed by atoms with Crippen LogP contribution >= 0.6 is 11.6 Å². The number of aryl methyl sites for hydroxylation is 1. The van der Waals surface area contributed by atoms with Crippen LogP contribution in [0.15, 0.2) is 60.7 Å². The monoisotopic (exact) mass is 463 g/mol. The lowest BCUT2D eigenvalue weighted by molar-refractivity contribution is -0.116. The SMILES string of the molecule is Cc1nn(-c2ccc(Cl)nn2)c2c1[C@H](c1cccc(OCc3ccc(F)cc3)c1)CC(=O)N2. The Bertz CT molecular complexity index is 1320. The van der Waals surface area contributed by atoms with Crippen LogP contribution in [0.25, 0.3) is 5.82 Å². The van der Waals surface area contributed by atoms with Crippen molar-refractivity contribution in [1.29, 1.82) is 0 Å². The normalized spacial score (nSPS) is 15.1. The molecule has 2 aromatic heterocycles. The average molecular weight is 464 g/mol. The lowest BCUT2D eigenvalue weighted by Gasteiger charge is -2.24. The highest BCUT2D eigenvalue weighted by molar-refractivity contribution is 6.29. The minimum atomic E-state index is -0.285. The van der Waals surface area contributed by atoms with Gasteiger partial charge >= 0.3 is 0 Å². The molecule has 5 rings (SSSR count). The number of carbonyl (C=O) groups excluding carboxylic acids is 1. The maximum atomic E-state index is 13.1. The van der Waals surface area contributed by atoms with E-state index in [4.69, 9.17) is 16.3 Å². The standard InChI is InChI=1S/C24H19ClFN5O2/c1-14-23-19(12-22(32)27-24(23)31(30-14)21-10-9-20(25)28-29-21)16-3-2-4-18(11-16)33-13-15-5-7-17(26)8-6-15/h2-11,19H,12-13H2,1H3,(H,27,32)/t19-/m0/s1. The van der Waals surface area contributed by atoms with Crippen LogP contribution < -0.4 is 10.1 Å². The molecule has 1 aliphatic rings. The molecule has 4 aromatic rings. The molecule has 0 unspecified atom stereocenters. The second-order valence-corrected chi connectivity index (χ2v) is 8.15. The highest BCUT2D eigenvalue weighted by Gasteiger charge is 2.33. The number of ether oxygens (including phenoxy) is 1. The highest BCUT2D eigenvalue weighted by Crippen LogP contribution is 2.40. The molecule has 1 N–H and O–H groups in total. The van der Waals surface area contributed by atoms with Gasteiger partial charge in [0.2, 0.25) is 5.91 Å². The first-order chi connectivity index (χ1) is 16.0. The summed E-state index contributed by atoms with van der Waals surface area (Å²) in [6.07, 6.45) is 0.285. The van der Waals surface area contributed by atoms with Crippen molar-refractivity contribution in [3.63, 3.8) is 0 Å². The van der Waals surface area contributed by atoms with Crippen molar-refractivity contribution in [1.82, 2.24) is 20.0 Å². The van der Waals surface area contributed by atoms with Crippen LogP contribution in [0.3, 0.4) is 0 Å². The number of hydrogen-bond acceptors (Lipinski definition) is 5. The number of benzene rings is 2. The van der Waals surface area contributed by atoms with Gasteiger partial charge in [-0.25, -0.2) is 4.39 Å². The number of halogens is 2. The molecule has 166 valence electrons.